The molecule has 0 aliphatic carbocycles. The predicted octanol–water partition coefficient (Wildman–Crippen LogP) is 2.39. The molecule has 1 aromatic carbocycles. The minimum absolute atomic E-state index is 0.0500. The number of benzene rings is 1. The zero-order chi connectivity index (χ0) is 13.8. The third-order valence-electron chi connectivity index (χ3n) is 2.02. The van der Waals surface area contributed by atoms with E-state index in [1.165, 1.54) is 25.3 Å². The molecule has 0 radical (unpaired) electrons. The molecule has 1 aromatic rings. The highest BCUT2D eigenvalue weighted by atomic mass is 19.4. The van der Waals surface area contributed by atoms with Gasteiger partial charge in [-0.15, -0.1) is 0 Å². The number of carbonyl (C=O) groups is 1. The molecule has 100 valence electrons. The highest BCUT2D eigenvalue weighted by Crippen LogP contribution is 2.21. The van der Waals surface area contributed by atoms with E-state index in [1.54, 1.807) is 0 Å². The van der Waals surface area contributed by atoms with Crippen molar-refractivity contribution >= 4 is 11.7 Å². The maximum atomic E-state index is 11.9. The molecule has 0 saturated heterocycles. The van der Waals surface area contributed by atoms with Crippen LogP contribution in [0.15, 0.2) is 18.2 Å². The lowest BCUT2D eigenvalue weighted by Crippen LogP contribution is -2.14. The Labute approximate surface area is 101 Å². The van der Waals surface area contributed by atoms with Crippen molar-refractivity contribution in [2.75, 3.05) is 19.5 Å². The number of esters is 1. The maximum absolute atomic E-state index is 11.9. The largest absolute Gasteiger partial charge is 0.497 e. The number of halogens is 3. The molecule has 18 heavy (non-hydrogen) atoms. The summed E-state index contributed by atoms with van der Waals surface area (Å²) in [7, 11) is 1.38. The van der Waals surface area contributed by atoms with E-state index in [0.29, 0.717) is 5.75 Å². The normalized spacial score (nSPS) is 11.1. The van der Waals surface area contributed by atoms with Gasteiger partial charge in [0.2, 0.25) is 0 Å². The van der Waals surface area contributed by atoms with E-state index in [9.17, 15) is 18.0 Å². The second-order valence-corrected chi connectivity index (χ2v) is 3.50. The van der Waals surface area contributed by atoms with Gasteiger partial charge in [0.25, 0.3) is 0 Å². The zero-order valence-electron chi connectivity index (χ0n) is 9.58. The molecule has 0 amide bonds. The summed E-state index contributed by atoms with van der Waals surface area (Å²) in [6.07, 6.45) is -5.54. The van der Waals surface area contributed by atoms with Gasteiger partial charge in [0.05, 0.1) is 19.1 Å². The lowest BCUT2D eigenvalue weighted by Gasteiger charge is -2.09. The molecule has 7 heteroatoms. The third kappa shape index (κ3) is 4.52. The summed E-state index contributed by atoms with van der Waals surface area (Å²) >= 11 is 0. The molecule has 0 spiro atoms. The van der Waals surface area contributed by atoms with E-state index in [-0.39, 0.29) is 11.3 Å². The van der Waals surface area contributed by atoms with Crippen LogP contribution in [-0.2, 0) is 4.74 Å². The molecule has 0 bridgehead atoms. The Balaban J connectivity index is 2.64. The van der Waals surface area contributed by atoms with Crippen LogP contribution in [-0.4, -0.2) is 25.9 Å². The van der Waals surface area contributed by atoms with Gasteiger partial charge in [-0.05, 0) is 12.1 Å². The van der Waals surface area contributed by atoms with Gasteiger partial charge in [-0.3, -0.25) is 0 Å². The molecule has 0 fully saturated rings. The van der Waals surface area contributed by atoms with E-state index >= 15 is 0 Å². The first kappa shape index (κ1) is 14.1. The number of anilines is 1. The average molecular weight is 263 g/mol. The molecule has 0 aromatic heterocycles. The fourth-order valence-corrected chi connectivity index (χ4v) is 1.20. The second kappa shape index (κ2) is 5.61. The van der Waals surface area contributed by atoms with Gasteiger partial charge in [-0.1, -0.05) is 0 Å². The summed E-state index contributed by atoms with van der Waals surface area (Å²) in [5, 5.41) is 0. The van der Waals surface area contributed by atoms with E-state index < -0.39 is 25.2 Å². The molecular formula is C11H12F3NO3. The van der Waals surface area contributed by atoms with Gasteiger partial charge < -0.3 is 15.2 Å². The molecule has 0 heterocycles. The number of nitrogens with two attached hydrogens (primary N) is 1. The van der Waals surface area contributed by atoms with Crippen molar-refractivity contribution < 1.29 is 27.4 Å². The van der Waals surface area contributed by atoms with Gasteiger partial charge in [0.15, 0.2) is 0 Å². The monoisotopic (exact) mass is 263 g/mol. The van der Waals surface area contributed by atoms with Crippen LogP contribution in [0.1, 0.15) is 16.8 Å². The summed E-state index contributed by atoms with van der Waals surface area (Å²) in [5.74, 6) is -0.539. The first-order chi connectivity index (χ1) is 8.31. The maximum Gasteiger partial charge on any atom is 0.392 e. The van der Waals surface area contributed by atoms with Crippen molar-refractivity contribution in [1.29, 1.82) is 0 Å². The molecule has 4 nitrogen and oxygen atoms in total. The molecule has 0 saturated carbocycles. The quantitative estimate of drug-likeness (QED) is 0.669. The zero-order valence-corrected chi connectivity index (χ0v) is 9.58. The second-order valence-electron chi connectivity index (χ2n) is 3.50. The Bertz CT molecular complexity index is 432. The van der Waals surface area contributed by atoms with Crippen molar-refractivity contribution in [1.82, 2.24) is 0 Å². The van der Waals surface area contributed by atoms with Crippen LogP contribution in [0, 0.1) is 0 Å². The van der Waals surface area contributed by atoms with Crippen LogP contribution in [0.4, 0.5) is 18.9 Å². The number of methoxy groups -OCH3 is 1. The minimum Gasteiger partial charge on any atom is -0.497 e. The number of rotatable bonds is 4. The molecule has 0 aliphatic rings. The lowest BCUT2D eigenvalue weighted by atomic mass is 10.2. The summed E-state index contributed by atoms with van der Waals surface area (Å²) in [4.78, 5) is 11.5. The van der Waals surface area contributed by atoms with Crippen molar-refractivity contribution in [3.05, 3.63) is 23.8 Å². The van der Waals surface area contributed by atoms with E-state index in [2.05, 4.69) is 4.74 Å². The van der Waals surface area contributed by atoms with Gasteiger partial charge in [-0.2, -0.15) is 13.2 Å². The number of carbonyl (C=O) groups excluding carboxylic acids is 1. The molecule has 0 unspecified atom stereocenters. The fourth-order valence-electron chi connectivity index (χ4n) is 1.20. The van der Waals surface area contributed by atoms with E-state index in [0.717, 1.165) is 0 Å². The van der Waals surface area contributed by atoms with Gasteiger partial charge >= 0.3 is 12.1 Å². The summed E-state index contributed by atoms with van der Waals surface area (Å²) < 4.78 is 44.9. The van der Waals surface area contributed by atoms with E-state index in [1.807, 2.05) is 0 Å². The highest BCUT2D eigenvalue weighted by molar-refractivity contribution is 5.91. The van der Waals surface area contributed by atoms with Gasteiger partial charge in [0.1, 0.15) is 12.4 Å². The summed E-state index contributed by atoms with van der Waals surface area (Å²) in [5.41, 5.74) is 5.81. The van der Waals surface area contributed by atoms with E-state index in [4.69, 9.17) is 10.5 Å². The first-order valence-electron chi connectivity index (χ1n) is 5.00. The van der Waals surface area contributed by atoms with Crippen molar-refractivity contribution in [3.8, 4) is 5.75 Å². The molecule has 0 atom stereocenters. The van der Waals surface area contributed by atoms with Crippen molar-refractivity contribution in [2.24, 2.45) is 0 Å². The van der Waals surface area contributed by atoms with Gasteiger partial charge in [0, 0.05) is 11.8 Å². The Morgan fingerprint density at radius 3 is 2.56 bits per heavy atom. The van der Waals surface area contributed by atoms with Crippen LogP contribution < -0.4 is 10.5 Å². The number of hydrogen-bond acceptors (Lipinski definition) is 4. The van der Waals surface area contributed by atoms with Crippen LogP contribution in [0.25, 0.3) is 0 Å². The summed E-state index contributed by atoms with van der Waals surface area (Å²) in [6, 6.07) is 4.12. The number of hydrogen-bond donors (Lipinski definition) is 1. The standard InChI is InChI=1S/C11H12F3NO3/c1-17-9-5-7(4-8(15)6-9)10(16)18-3-2-11(12,13)14/h4-6H,2-3,15H2,1H3. The van der Waals surface area contributed by atoms with Crippen molar-refractivity contribution in [2.45, 2.75) is 12.6 Å². The van der Waals surface area contributed by atoms with Gasteiger partial charge in [-0.25, -0.2) is 4.79 Å². The summed E-state index contributed by atoms with van der Waals surface area (Å²) in [6.45, 7) is -0.723. The molecular weight excluding hydrogens is 251 g/mol. The average Bonchev–Trinajstić information content (AvgIpc) is 2.26. The SMILES string of the molecule is COc1cc(N)cc(C(=O)OCCC(F)(F)F)c1. The topological polar surface area (TPSA) is 61.5 Å². The van der Waals surface area contributed by atoms with Crippen LogP contribution >= 0.6 is 0 Å². The predicted molar refractivity (Wildman–Crippen MR) is 58.4 cm³/mol. The molecule has 1 rings (SSSR count). The highest BCUT2D eigenvalue weighted by Gasteiger charge is 2.27. The fraction of sp³-hybridized carbons (Fsp3) is 0.364. The Kier molecular flexibility index (Phi) is 4.41. The smallest absolute Gasteiger partial charge is 0.392 e. The van der Waals surface area contributed by atoms with Crippen LogP contribution in [0.2, 0.25) is 0 Å². The first-order valence-corrected chi connectivity index (χ1v) is 5.00. The molecule has 2 N–H and O–H groups in total. The number of nitrogen functional groups attached to an aromatic ring is 1. The number of alkyl halides is 3. The van der Waals surface area contributed by atoms with Crippen LogP contribution in [0.3, 0.4) is 0 Å². The third-order valence-corrected chi connectivity index (χ3v) is 2.02. The Morgan fingerprint density at radius 2 is 2.00 bits per heavy atom. The van der Waals surface area contributed by atoms with Crippen LogP contribution in [0.5, 0.6) is 5.75 Å². The number of ether oxygens (including phenoxy) is 2. The Morgan fingerprint density at radius 1 is 1.33 bits per heavy atom. The van der Waals surface area contributed by atoms with Crippen molar-refractivity contribution in [3.63, 3.8) is 0 Å². The lowest BCUT2D eigenvalue weighted by molar-refractivity contribution is -0.141. The molecule has 0 aliphatic heterocycles. The Hall–Kier alpha value is -1.92. The minimum atomic E-state index is -4.35.